The summed E-state index contributed by atoms with van der Waals surface area (Å²) in [5, 5.41) is 10.8. The predicted molar refractivity (Wildman–Crippen MR) is 238 cm³/mol. The molecule has 4 heterocycles. The summed E-state index contributed by atoms with van der Waals surface area (Å²) < 4.78 is 11.7. The molecule has 8 aromatic carbocycles. The molecule has 0 radical (unpaired) electrons. The third kappa shape index (κ3) is 5.08. The molecule has 0 saturated carbocycles. The molecule has 6 heteroatoms. The van der Waals surface area contributed by atoms with Gasteiger partial charge in [0.1, 0.15) is 17.0 Å². The number of thiophene rings is 1. The monoisotopic (exact) mass is 748 g/mol. The first-order valence-electron chi connectivity index (χ1n) is 19.2. The second-order valence-electron chi connectivity index (χ2n) is 14.6. The zero-order chi connectivity index (χ0) is 37.5. The van der Waals surface area contributed by atoms with Crippen LogP contribution in [0.5, 0.6) is 0 Å². The molecular weight excluding hydrogens is 717 g/mol. The van der Waals surface area contributed by atoms with Crippen LogP contribution in [-0.4, -0.2) is 16.2 Å². The van der Waals surface area contributed by atoms with Gasteiger partial charge in [-0.1, -0.05) is 133 Å². The van der Waals surface area contributed by atoms with Crippen molar-refractivity contribution in [3.8, 4) is 16.8 Å². The first-order valence-corrected chi connectivity index (χ1v) is 20.0. The van der Waals surface area contributed by atoms with E-state index in [0.717, 1.165) is 50.0 Å². The van der Waals surface area contributed by atoms with Gasteiger partial charge in [0.15, 0.2) is 12.0 Å². The van der Waals surface area contributed by atoms with Crippen molar-refractivity contribution >= 4 is 86.9 Å². The normalized spacial score (nSPS) is 14.5. The molecule has 268 valence electrons. The zero-order valence-electron chi connectivity index (χ0n) is 30.6. The summed E-state index contributed by atoms with van der Waals surface area (Å²) in [6.45, 7) is 0. The highest BCUT2D eigenvalue weighted by atomic mass is 32.1. The van der Waals surface area contributed by atoms with Gasteiger partial charge in [0.2, 0.25) is 0 Å². The molecule has 11 aromatic rings. The van der Waals surface area contributed by atoms with Gasteiger partial charge < -0.3 is 14.3 Å². The van der Waals surface area contributed by atoms with Crippen molar-refractivity contribution in [2.45, 2.75) is 6.17 Å². The second-order valence-corrected chi connectivity index (χ2v) is 15.6. The molecule has 1 aliphatic heterocycles. The highest BCUT2D eigenvalue weighted by Crippen LogP contribution is 2.43. The number of aliphatic imine (C=N–C) groups is 2. The maximum absolute atomic E-state index is 6.70. The lowest BCUT2D eigenvalue weighted by Gasteiger charge is -2.23. The van der Waals surface area contributed by atoms with Crippen LogP contribution >= 0.6 is 11.3 Å². The van der Waals surface area contributed by atoms with Crippen LogP contribution < -0.4 is 5.32 Å². The first-order chi connectivity index (χ1) is 28.2. The summed E-state index contributed by atoms with van der Waals surface area (Å²) in [6.07, 6.45) is -0.394. The van der Waals surface area contributed by atoms with Crippen LogP contribution in [0.2, 0.25) is 0 Å². The number of amidine groups is 2. The molecule has 0 saturated heterocycles. The number of hydrogen-bond donors (Lipinski definition) is 1. The van der Waals surface area contributed by atoms with Gasteiger partial charge >= 0.3 is 0 Å². The van der Waals surface area contributed by atoms with Gasteiger partial charge in [-0.25, -0.2) is 9.98 Å². The number of fused-ring (bicyclic) bond motifs is 9. The number of rotatable bonds is 5. The molecule has 0 amide bonds. The van der Waals surface area contributed by atoms with Gasteiger partial charge in [-0.2, -0.15) is 0 Å². The Balaban J connectivity index is 0.987. The van der Waals surface area contributed by atoms with E-state index in [0.29, 0.717) is 5.84 Å². The first kappa shape index (κ1) is 32.0. The van der Waals surface area contributed by atoms with Gasteiger partial charge in [0, 0.05) is 58.4 Å². The van der Waals surface area contributed by atoms with Crippen LogP contribution in [0.25, 0.3) is 80.7 Å². The van der Waals surface area contributed by atoms with E-state index in [1.807, 2.05) is 47.7 Å². The Morgan fingerprint density at radius 2 is 1.16 bits per heavy atom. The van der Waals surface area contributed by atoms with Crippen molar-refractivity contribution < 1.29 is 4.42 Å². The number of hydrogen-bond acceptors (Lipinski definition) is 5. The number of furan rings is 1. The smallest absolute Gasteiger partial charge is 0.159 e. The largest absolute Gasteiger partial charge is 0.456 e. The molecule has 1 unspecified atom stereocenters. The quantitative estimate of drug-likeness (QED) is 0.191. The standard InChI is InChI=1S/C51H32N4OS/c1-3-13-31(14-4-1)49-52-50(32-15-5-2-6-16-32)54-51(53-49)38-20-11-19-37-39-29-33(25-27-44(39)56-48(37)38)34-26-28-45-40(30-34)47-43(23-12-24-46(47)57-45)55-41-21-9-7-17-35(41)36-18-8-10-22-42(36)55/h1-30,51H,(H,52,53,54). The average Bonchev–Trinajstić information content (AvgIpc) is 3.96. The summed E-state index contributed by atoms with van der Waals surface area (Å²) in [5.41, 5.74) is 10.5. The summed E-state index contributed by atoms with van der Waals surface area (Å²) in [5.74, 6) is 1.47. The van der Waals surface area contributed by atoms with Crippen LogP contribution in [0.15, 0.2) is 196 Å². The lowest BCUT2D eigenvalue weighted by Crippen LogP contribution is -2.33. The van der Waals surface area contributed by atoms with E-state index in [1.54, 1.807) is 0 Å². The van der Waals surface area contributed by atoms with Crippen molar-refractivity contribution in [3.05, 3.63) is 199 Å². The summed E-state index contributed by atoms with van der Waals surface area (Å²) >= 11 is 1.85. The van der Waals surface area contributed by atoms with Crippen LogP contribution in [-0.2, 0) is 0 Å². The number of nitrogens with zero attached hydrogens (tertiary/aromatic N) is 3. The summed E-state index contributed by atoms with van der Waals surface area (Å²) in [6, 6.07) is 64.4. The van der Waals surface area contributed by atoms with E-state index in [2.05, 4.69) is 155 Å². The Labute approximate surface area is 331 Å². The molecular formula is C51H32N4OS. The van der Waals surface area contributed by atoms with Gasteiger partial charge in [0.25, 0.3) is 0 Å². The highest BCUT2D eigenvalue weighted by molar-refractivity contribution is 7.25. The van der Waals surface area contributed by atoms with Gasteiger partial charge in [-0.15, -0.1) is 11.3 Å². The van der Waals surface area contributed by atoms with E-state index in [-0.39, 0.29) is 0 Å². The van der Waals surface area contributed by atoms with E-state index < -0.39 is 6.17 Å². The molecule has 1 N–H and O–H groups in total. The molecule has 1 atom stereocenters. The number of para-hydroxylation sites is 3. The Morgan fingerprint density at radius 3 is 1.93 bits per heavy atom. The van der Waals surface area contributed by atoms with Crippen LogP contribution in [0.4, 0.5) is 0 Å². The van der Waals surface area contributed by atoms with Crippen molar-refractivity contribution in [3.63, 3.8) is 0 Å². The predicted octanol–water partition coefficient (Wildman–Crippen LogP) is 13.2. The lowest BCUT2D eigenvalue weighted by molar-refractivity contribution is 0.628. The van der Waals surface area contributed by atoms with Gasteiger partial charge in [-0.3, -0.25) is 0 Å². The Hall–Kier alpha value is -7.28. The van der Waals surface area contributed by atoms with Crippen molar-refractivity contribution in [2.75, 3.05) is 0 Å². The fraction of sp³-hybridized carbons (Fsp3) is 0.0196. The maximum atomic E-state index is 6.70. The van der Waals surface area contributed by atoms with E-state index >= 15 is 0 Å². The average molecular weight is 749 g/mol. The molecule has 12 rings (SSSR count). The fourth-order valence-electron chi connectivity index (χ4n) is 8.64. The minimum absolute atomic E-state index is 0.394. The van der Waals surface area contributed by atoms with Gasteiger partial charge in [0.05, 0.1) is 16.7 Å². The minimum Gasteiger partial charge on any atom is -0.456 e. The topological polar surface area (TPSA) is 54.8 Å². The number of aromatic nitrogens is 1. The van der Waals surface area contributed by atoms with Crippen LogP contribution in [0.1, 0.15) is 22.9 Å². The molecule has 0 aliphatic carbocycles. The van der Waals surface area contributed by atoms with Crippen LogP contribution in [0.3, 0.4) is 0 Å². The third-order valence-electron chi connectivity index (χ3n) is 11.3. The molecule has 0 spiro atoms. The molecule has 57 heavy (non-hydrogen) atoms. The summed E-state index contributed by atoms with van der Waals surface area (Å²) in [4.78, 5) is 10.1. The molecule has 5 nitrogen and oxygen atoms in total. The van der Waals surface area contributed by atoms with Crippen LogP contribution in [0, 0.1) is 0 Å². The second kappa shape index (κ2) is 12.6. The van der Waals surface area contributed by atoms with Gasteiger partial charge in [-0.05, 0) is 59.7 Å². The maximum Gasteiger partial charge on any atom is 0.159 e. The Kier molecular flexibility index (Phi) is 7.09. The van der Waals surface area contributed by atoms with Crippen molar-refractivity contribution in [2.24, 2.45) is 9.98 Å². The van der Waals surface area contributed by atoms with E-state index in [4.69, 9.17) is 14.4 Å². The lowest BCUT2D eigenvalue weighted by atomic mass is 9.99. The highest BCUT2D eigenvalue weighted by Gasteiger charge is 2.25. The molecule has 0 fully saturated rings. The Bertz CT molecular complexity index is 3390. The molecule has 0 bridgehead atoms. The van der Waals surface area contributed by atoms with Crippen molar-refractivity contribution in [1.29, 1.82) is 0 Å². The number of nitrogens with one attached hydrogen (secondary N) is 1. The third-order valence-corrected chi connectivity index (χ3v) is 12.4. The molecule has 3 aromatic heterocycles. The van der Waals surface area contributed by atoms with E-state index in [1.165, 1.54) is 53.2 Å². The zero-order valence-corrected chi connectivity index (χ0v) is 31.4. The number of benzene rings is 8. The van der Waals surface area contributed by atoms with Crippen molar-refractivity contribution in [1.82, 2.24) is 9.88 Å². The fourth-order valence-corrected chi connectivity index (χ4v) is 9.75. The van der Waals surface area contributed by atoms with E-state index in [9.17, 15) is 0 Å². The molecule has 1 aliphatic rings. The minimum atomic E-state index is -0.394. The SMILES string of the molecule is c1ccc(C2=NC(c3cccc4c3oc3ccc(-c5ccc6sc7cccc(-n8c9ccccc9c9ccccc98)c7c6c5)cc34)NC(c3ccccc3)=N2)cc1. The summed E-state index contributed by atoms with van der Waals surface area (Å²) in [7, 11) is 0. The Morgan fingerprint density at radius 1 is 0.509 bits per heavy atom.